The van der Waals surface area contributed by atoms with Gasteiger partial charge in [-0.15, -0.1) is 0 Å². The van der Waals surface area contributed by atoms with Gasteiger partial charge in [-0.1, -0.05) is 43.5 Å². The smallest absolute Gasteiger partial charge is 0.292 e. The molecular formula is C21H23ClN4O2. The number of unbranched alkanes of at least 4 members (excludes halogenated alkanes) is 2. The number of nitrogens with one attached hydrogen (secondary N) is 2. The summed E-state index contributed by atoms with van der Waals surface area (Å²) >= 11 is 6.13. The van der Waals surface area contributed by atoms with E-state index in [-0.39, 0.29) is 17.4 Å². The quantitative estimate of drug-likeness (QED) is 0.576. The highest BCUT2D eigenvalue weighted by molar-refractivity contribution is 6.31. The summed E-state index contributed by atoms with van der Waals surface area (Å²) < 4.78 is 1.62. The molecule has 0 aliphatic rings. The van der Waals surface area contributed by atoms with E-state index in [4.69, 9.17) is 11.6 Å². The van der Waals surface area contributed by atoms with Gasteiger partial charge in [0.2, 0.25) is 5.82 Å². The molecule has 0 radical (unpaired) electrons. The van der Waals surface area contributed by atoms with Gasteiger partial charge in [0.05, 0.1) is 5.52 Å². The Labute approximate surface area is 168 Å². The van der Waals surface area contributed by atoms with Crippen molar-refractivity contribution in [1.29, 1.82) is 0 Å². The molecule has 0 aliphatic carbocycles. The molecule has 7 heteroatoms. The minimum Gasteiger partial charge on any atom is -0.351 e. The highest BCUT2D eigenvalue weighted by atomic mass is 35.5. The predicted molar refractivity (Wildman–Crippen MR) is 111 cm³/mol. The Balaban J connectivity index is 1.85. The standard InChI is InChI=1S/C21H23ClN4O2/c1-3-4-6-11-23-20(27)18-17-8-5-7-12-26(17)19(25-18)21(28)24-15-10-9-14(2)16(22)13-15/h5,7-10,12-13H,3-4,6,11H2,1-2H3,(H,23,27)(H,24,28). The first-order valence-corrected chi connectivity index (χ1v) is 9.72. The molecule has 0 spiro atoms. The van der Waals surface area contributed by atoms with Crippen LogP contribution in [-0.2, 0) is 0 Å². The number of aryl methyl sites for hydroxylation is 1. The topological polar surface area (TPSA) is 75.5 Å². The summed E-state index contributed by atoms with van der Waals surface area (Å²) in [5, 5.41) is 6.24. The van der Waals surface area contributed by atoms with Crippen molar-refractivity contribution in [2.75, 3.05) is 11.9 Å². The van der Waals surface area contributed by atoms with E-state index in [0.29, 0.717) is 22.8 Å². The third-order valence-corrected chi connectivity index (χ3v) is 4.87. The summed E-state index contributed by atoms with van der Waals surface area (Å²) in [7, 11) is 0. The molecule has 2 heterocycles. The third-order valence-electron chi connectivity index (χ3n) is 4.46. The molecule has 3 aromatic rings. The van der Waals surface area contributed by atoms with Gasteiger partial charge in [-0.05, 0) is 43.2 Å². The van der Waals surface area contributed by atoms with Gasteiger partial charge in [0.1, 0.15) is 0 Å². The van der Waals surface area contributed by atoms with Gasteiger partial charge in [0, 0.05) is 23.5 Å². The molecule has 0 atom stereocenters. The summed E-state index contributed by atoms with van der Waals surface area (Å²) in [6, 6.07) is 10.7. The zero-order valence-corrected chi connectivity index (χ0v) is 16.7. The molecule has 0 fully saturated rings. The number of anilines is 1. The van der Waals surface area contributed by atoms with Crippen LogP contribution >= 0.6 is 11.6 Å². The fourth-order valence-corrected chi connectivity index (χ4v) is 3.06. The Morgan fingerprint density at radius 2 is 1.96 bits per heavy atom. The van der Waals surface area contributed by atoms with E-state index < -0.39 is 5.91 Å². The second-order valence-corrected chi connectivity index (χ2v) is 7.03. The summed E-state index contributed by atoms with van der Waals surface area (Å²) in [5.74, 6) is -0.547. The average Bonchev–Trinajstić information content (AvgIpc) is 3.08. The lowest BCUT2D eigenvalue weighted by Crippen LogP contribution is -2.25. The van der Waals surface area contributed by atoms with Crippen molar-refractivity contribution in [3.8, 4) is 0 Å². The van der Waals surface area contributed by atoms with Crippen molar-refractivity contribution >= 4 is 34.6 Å². The molecule has 2 N–H and O–H groups in total. The van der Waals surface area contributed by atoms with E-state index in [2.05, 4.69) is 22.5 Å². The fourth-order valence-electron chi connectivity index (χ4n) is 2.88. The highest BCUT2D eigenvalue weighted by Gasteiger charge is 2.21. The van der Waals surface area contributed by atoms with E-state index >= 15 is 0 Å². The summed E-state index contributed by atoms with van der Waals surface area (Å²) in [6.45, 7) is 4.58. The molecule has 0 bridgehead atoms. The minimum absolute atomic E-state index is 0.144. The largest absolute Gasteiger partial charge is 0.351 e. The van der Waals surface area contributed by atoms with Gasteiger partial charge in [-0.2, -0.15) is 0 Å². The van der Waals surface area contributed by atoms with Crippen LogP contribution in [0.3, 0.4) is 0 Å². The Morgan fingerprint density at radius 1 is 1.14 bits per heavy atom. The molecule has 6 nitrogen and oxygen atoms in total. The van der Waals surface area contributed by atoms with Gasteiger partial charge < -0.3 is 10.6 Å². The van der Waals surface area contributed by atoms with Crippen LogP contribution in [0, 0.1) is 6.92 Å². The molecule has 2 amide bonds. The average molecular weight is 399 g/mol. The van der Waals surface area contributed by atoms with Gasteiger partial charge in [-0.3, -0.25) is 14.0 Å². The number of carbonyl (C=O) groups is 2. The number of pyridine rings is 1. The predicted octanol–water partition coefficient (Wildman–Crippen LogP) is 4.47. The fraction of sp³-hybridized carbons (Fsp3) is 0.286. The normalized spacial score (nSPS) is 10.8. The molecule has 146 valence electrons. The van der Waals surface area contributed by atoms with Crippen molar-refractivity contribution in [1.82, 2.24) is 14.7 Å². The van der Waals surface area contributed by atoms with Gasteiger partial charge >= 0.3 is 0 Å². The number of amides is 2. The van der Waals surface area contributed by atoms with E-state index in [0.717, 1.165) is 24.8 Å². The first kappa shape index (κ1) is 19.9. The number of imidazole rings is 1. The van der Waals surface area contributed by atoms with Crippen LogP contribution in [0.1, 0.15) is 52.9 Å². The maximum atomic E-state index is 12.8. The zero-order valence-electron chi connectivity index (χ0n) is 16.0. The van der Waals surface area contributed by atoms with Gasteiger partial charge in [0.25, 0.3) is 11.8 Å². The second kappa shape index (κ2) is 8.89. The van der Waals surface area contributed by atoms with E-state index in [1.54, 1.807) is 34.9 Å². The first-order valence-electron chi connectivity index (χ1n) is 9.34. The highest BCUT2D eigenvalue weighted by Crippen LogP contribution is 2.21. The van der Waals surface area contributed by atoms with Crippen molar-refractivity contribution in [2.45, 2.75) is 33.1 Å². The van der Waals surface area contributed by atoms with E-state index in [9.17, 15) is 9.59 Å². The molecule has 0 saturated heterocycles. The Kier molecular flexibility index (Phi) is 6.31. The molecule has 0 aliphatic heterocycles. The molecule has 2 aromatic heterocycles. The lowest BCUT2D eigenvalue weighted by molar-refractivity contribution is 0.0950. The Bertz CT molecular complexity index is 1010. The van der Waals surface area contributed by atoms with Crippen LogP contribution in [0.4, 0.5) is 5.69 Å². The van der Waals surface area contributed by atoms with Gasteiger partial charge in [-0.25, -0.2) is 4.98 Å². The van der Waals surface area contributed by atoms with Crippen molar-refractivity contribution < 1.29 is 9.59 Å². The first-order chi connectivity index (χ1) is 13.5. The molecule has 3 rings (SSSR count). The number of fused-ring (bicyclic) bond motifs is 1. The number of benzene rings is 1. The van der Waals surface area contributed by atoms with Crippen molar-refractivity contribution in [3.63, 3.8) is 0 Å². The van der Waals surface area contributed by atoms with Crippen molar-refractivity contribution in [3.05, 3.63) is 64.7 Å². The SMILES string of the molecule is CCCCCNC(=O)c1nc(C(=O)Nc2ccc(C)c(Cl)c2)n2ccccc12. The molecule has 0 unspecified atom stereocenters. The number of nitrogens with zero attached hydrogens (tertiary/aromatic N) is 2. The van der Waals surface area contributed by atoms with Gasteiger partial charge in [0.15, 0.2) is 5.69 Å². The van der Waals surface area contributed by atoms with Crippen LogP contribution in [0.15, 0.2) is 42.6 Å². The van der Waals surface area contributed by atoms with Crippen molar-refractivity contribution in [2.24, 2.45) is 0 Å². The number of rotatable bonds is 7. The minimum atomic E-state index is -0.411. The summed E-state index contributed by atoms with van der Waals surface area (Å²) in [4.78, 5) is 29.7. The molecular weight excluding hydrogens is 376 g/mol. The van der Waals surface area contributed by atoms with Crippen LogP contribution in [0.25, 0.3) is 5.52 Å². The number of carbonyl (C=O) groups excluding carboxylic acids is 2. The van der Waals surface area contributed by atoms with Crippen LogP contribution in [0.5, 0.6) is 0 Å². The van der Waals surface area contributed by atoms with E-state index in [1.165, 1.54) is 0 Å². The maximum absolute atomic E-state index is 12.8. The maximum Gasteiger partial charge on any atom is 0.292 e. The summed E-state index contributed by atoms with van der Waals surface area (Å²) in [6.07, 6.45) is 4.76. The Hall–Kier alpha value is -2.86. The monoisotopic (exact) mass is 398 g/mol. The number of hydrogen-bond acceptors (Lipinski definition) is 3. The van der Waals surface area contributed by atoms with Crippen LogP contribution in [-0.4, -0.2) is 27.7 Å². The van der Waals surface area contributed by atoms with Crippen LogP contribution < -0.4 is 10.6 Å². The number of hydrogen-bond donors (Lipinski definition) is 2. The van der Waals surface area contributed by atoms with Crippen LogP contribution in [0.2, 0.25) is 5.02 Å². The Morgan fingerprint density at radius 3 is 2.71 bits per heavy atom. The third kappa shape index (κ3) is 4.34. The lowest BCUT2D eigenvalue weighted by atomic mass is 10.2. The number of halogens is 1. The molecule has 1 aromatic carbocycles. The molecule has 0 saturated carbocycles. The molecule has 28 heavy (non-hydrogen) atoms. The zero-order chi connectivity index (χ0) is 20.1. The number of aromatic nitrogens is 2. The lowest BCUT2D eigenvalue weighted by Gasteiger charge is -2.06. The second-order valence-electron chi connectivity index (χ2n) is 6.62. The van der Waals surface area contributed by atoms with E-state index in [1.807, 2.05) is 19.1 Å². The summed E-state index contributed by atoms with van der Waals surface area (Å²) in [5.41, 5.74) is 2.32.